The summed E-state index contributed by atoms with van der Waals surface area (Å²) < 4.78 is 45.9. The molecule has 3 rings (SSSR count). The van der Waals surface area contributed by atoms with Crippen molar-refractivity contribution in [3.8, 4) is 11.5 Å². The standard InChI is InChI=1S/C22H20BrF3N4O4/c1-11-5-12(2)7-17(6-11)34-18-9-15(8-16(10-18)30(32)33)27-21(31)14(4)29-13(3)19(23)20(28-29)22(24,25)26/h5-10,14H,1-4H3,(H,27,31). The Morgan fingerprint density at radius 1 is 1.12 bits per heavy atom. The van der Waals surface area contributed by atoms with Gasteiger partial charge in [0.25, 0.3) is 5.69 Å². The van der Waals surface area contributed by atoms with E-state index in [1.807, 2.05) is 19.9 Å². The summed E-state index contributed by atoms with van der Waals surface area (Å²) >= 11 is 2.87. The Balaban J connectivity index is 1.90. The monoisotopic (exact) mass is 540 g/mol. The van der Waals surface area contributed by atoms with Crippen LogP contribution in [-0.2, 0) is 11.0 Å². The van der Waals surface area contributed by atoms with Crippen LogP contribution in [0.25, 0.3) is 0 Å². The average molecular weight is 541 g/mol. The lowest BCUT2D eigenvalue weighted by molar-refractivity contribution is -0.384. The lowest BCUT2D eigenvalue weighted by Gasteiger charge is -2.15. The first kappa shape index (κ1) is 25.2. The van der Waals surface area contributed by atoms with Crippen LogP contribution in [0, 0.1) is 30.9 Å². The maximum atomic E-state index is 13.2. The summed E-state index contributed by atoms with van der Waals surface area (Å²) in [6, 6.07) is 8.03. The number of hydrogen-bond acceptors (Lipinski definition) is 5. The van der Waals surface area contributed by atoms with Gasteiger partial charge in [-0.05, 0) is 66.9 Å². The Labute approximate surface area is 201 Å². The quantitative estimate of drug-likeness (QED) is 0.284. The van der Waals surface area contributed by atoms with E-state index in [2.05, 4.69) is 26.3 Å². The van der Waals surface area contributed by atoms with E-state index in [9.17, 15) is 28.1 Å². The number of benzene rings is 2. The third kappa shape index (κ3) is 5.56. The first-order valence-electron chi connectivity index (χ1n) is 9.94. The second-order valence-electron chi connectivity index (χ2n) is 7.75. The average Bonchev–Trinajstić information content (AvgIpc) is 3.01. The molecule has 0 bridgehead atoms. The number of nitro groups is 1. The molecule has 2 aromatic carbocycles. The number of carbonyl (C=O) groups is 1. The molecule has 180 valence electrons. The van der Waals surface area contributed by atoms with Gasteiger partial charge in [-0.2, -0.15) is 18.3 Å². The molecule has 1 atom stereocenters. The van der Waals surface area contributed by atoms with Crippen LogP contribution in [-0.4, -0.2) is 20.6 Å². The van der Waals surface area contributed by atoms with Crippen LogP contribution in [0.1, 0.15) is 35.5 Å². The highest BCUT2D eigenvalue weighted by atomic mass is 79.9. The van der Waals surface area contributed by atoms with Gasteiger partial charge in [-0.1, -0.05) is 6.07 Å². The van der Waals surface area contributed by atoms with Crippen molar-refractivity contribution in [2.45, 2.75) is 39.9 Å². The zero-order valence-electron chi connectivity index (χ0n) is 18.5. The van der Waals surface area contributed by atoms with Gasteiger partial charge in [-0.3, -0.25) is 19.6 Å². The highest BCUT2D eigenvalue weighted by Crippen LogP contribution is 2.37. The number of halogens is 4. The molecule has 1 aromatic heterocycles. The molecule has 0 saturated carbocycles. The van der Waals surface area contributed by atoms with Crippen LogP contribution < -0.4 is 10.1 Å². The molecule has 0 aliphatic carbocycles. The van der Waals surface area contributed by atoms with E-state index < -0.39 is 28.7 Å². The number of alkyl halides is 3. The molecule has 34 heavy (non-hydrogen) atoms. The van der Waals surface area contributed by atoms with E-state index in [-0.39, 0.29) is 27.3 Å². The van der Waals surface area contributed by atoms with Crippen LogP contribution in [0.2, 0.25) is 0 Å². The second-order valence-corrected chi connectivity index (χ2v) is 8.55. The maximum absolute atomic E-state index is 13.2. The van der Waals surface area contributed by atoms with Crippen molar-refractivity contribution in [3.05, 3.63) is 73.5 Å². The number of nitrogens with zero attached hydrogens (tertiary/aromatic N) is 3. The van der Waals surface area contributed by atoms with Gasteiger partial charge in [-0.15, -0.1) is 0 Å². The molecule has 0 spiro atoms. The van der Waals surface area contributed by atoms with E-state index in [0.29, 0.717) is 5.75 Å². The minimum absolute atomic E-state index is 0.0466. The molecule has 1 heterocycles. The SMILES string of the molecule is Cc1cc(C)cc(Oc2cc(NC(=O)C(C)n3nc(C(F)(F)F)c(Br)c3C)cc([N+](=O)[O-])c2)c1. The fourth-order valence-corrected chi connectivity index (χ4v) is 3.85. The van der Waals surface area contributed by atoms with Gasteiger partial charge in [0.15, 0.2) is 5.69 Å². The van der Waals surface area contributed by atoms with Crippen LogP contribution in [0.4, 0.5) is 24.5 Å². The smallest absolute Gasteiger partial charge is 0.436 e. The number of non-ortho nitro benzene ring substituents is 1. The number of nitro benzene ring substituents is 1. The third-order valence-corrected chi connectivity index (χ3v) is 5.84. The van der Waals surface area contributed by atoms with Gasteiger partial charge in [0.2, 0.25) is 5.91 Å². The summed E-state index contributed by atoms with van der Waals surface area (Å²) in [5.41, 5.74) is 0.535. The number of ether oxygens (including phenoxy) is 1. The lowest BCUT2D eigenvalue weighted by Crippen LogP contribution is -2.25. The lowest BCUT2D eigenvalue weighted by atomic mass is 10.1. The second kappa shape index (κ2) is 9.45. The number of aryl methyl sites for hydroxylation is 2. The molecular formula is C22H20BrF3N4O4. The molecule has 0 radical (unpaired) electrons. The Kier molecular flexibility index (Phi) is 7.01. The van der Waals surface area contributed by atoms with Crippen LogP contribution in [0.3, 0.4) is 0 Å². The van der Waals surface area contributed by atoms with Crippen molar-refractivity contribution in [2.75, 3.05) is 5.32 Å². The molecular weight excluding hydrogens is 521 g/mol. The predicted octanol–water partition coefficient (Wildman–Crippen LogP) is 6.49. The van der Waals surface area contributed by atoms with Gasteiger partial charge >= 0.3 is 6.18 Å². The first-order chi connectivity index (χ1) is 15.8. The molecule has 0 aliphatic heterocycles. The topological polar surface area (TPSA) is 99.3 Å². The van der Waals surface area contributed by atoms with Crippen molar-refractivity contribution in [1.29, 1.82) is 0 Å². The van der Waals surface area contributed by atoms with E-state index in [0.717, 1.165) is 21.9 Å². The molecule has 0 fully saturated rings. The van der Waals surface area contributed by atoms with E-state index in [1.54, 1.807) is 12.1 Å². The summed E-state index contributed by atoms with van der Waals surface area (Å²) in [5, 5.41) is 17.4. The van der Waals surface area contributed by atoms with Crippen molar-refractivity contribution >= 4 is 33.2 Å². The van der Waals surface area contributed by atoms with E-state index >= 15 is 0 Å². The van der Waals surface area contributed by atoms with Gasteiger partial charge in [0.1, 0.15) is 17.5 Å². The summed E-state index contributed by atoms with van der Waals surface area (Å²) in [5.74, 6) is -0.149. The van der Waals surface area contributed by atoms with Crippen LogP contribution in [0.15, 0.2) is 40.9 Å². The zero-order chi connectivity index (χ0) is 25.4. The number of anilines is 1. The molecule has 8 nitrogen and oxygen atoms in total. The minimum atomic E-state index is -4.70. The summed E-state index contributed by atoms with van der Waals surface area (Å²) in [7, 11) is 0. The highest BCUT2D eigenvalue weighted by Gasteiger charge is 2.39. The van der Waals surface area contributed by atoms with Gasteiger partial charge in [0, 0.05) is 12.1 Å². The molecule has 0 saturated heterocycles. The summed E-state index contributed by atoms with van der Waals surface area (Å²) in [6.07, 6.45) is -4.70. The number of amides is 1. The fourth-order valence-electron chi connectivity index (χ4n) is 3.36. The molecule has 1 unspecified atom stereocenters. The Morgan fingerprint density at radius 2 is 1.71 bits per heavy atom. The maximum Gasteiger partial charge on any atom is 0.436 e. The number of hydrogen-bond donors (Lipinski definition) is 1. The molecule has 12 heteroatoms. The van der Waals surface area contributed by atoms with Crippen molar-refractivity contribution < 1.29 is 27.6 Å². The van der Waals surface area contributed by atoms with Crippen LogP contribution in [0.5, 0.6) is 11.5 Å². The molecule has 1 N–H and O–H groups in total. The van der Waals surface area contributed by atoms with Crippen molar-refractivity contribution in [2.24, 2.45) is 0 Å². The largest absolute Gasteiger partial charge is 0.457 e. The normalized spacial score (nSPS) is 12.4. The molecule has 3 aromatic rings. The van der Waals surface area contributed by atoms with Gasteiger partial charge < -0.3 is 10.1 Å². The number of aromatic nitrogens is 2. The molecule has 0 aliphatic rings. The van der Waals surface area contributed by atoms with Gasteiger partial charge in [0.05, 0.1) is 26.8 Å². The Hall–Kier alpha value is -3.41. The first-order valence-corrected chi connectivity index (χ1v) is 10.7. The highest BCUT2D eigenvalue weighted by molar-refractivity contribution is 9.10. The Bertz CT molecular complexity index is 1250. The van der Waals surface area contributed by atoms with E-state index in [1.165, 1.54) is 26.0 Å². The van der Waals surface area contributed by atoms with Crippen LogP contribution >= 0.6 is 15.9 Å². The minimum Gasteiger partial charge on any atom is -0.457 e. The fraction of sp³-hybridized carbons (Fsp3) is 0.273. The number of nitrogens with one attached hydrogen (secondary N) is 1. The molecule has 1 amide bonds. The predicted molar refractivity (Wildman–Crippen MR) is 122 cm³/mol. The number of carbonyl (C=O) groups excluding carboxylic acids is 1. The van der Waals surface area contributed by atoms with Crippen molar-refractivity contribution in [3.63, 3.8) is 0 Å². The number of rotatable bonds is 6. The van der Waals surface area contributed by atoms with Crippen molar-refractivity contribution in [1.82, 2.24) is 9.78 Å². The van der Waals surface area contributed by atoms with Gasteiger partial charge in [-0.25, -0.2) is 0 Å². The summed E-state index contributed by atoms with van der Waals surface area (Å²) in [4.78, 5) is 23.6. The third-order valence-electron chi connectivity index (χ3n) is 4.89. The van der Waals surface area contributed by atoms with E-state index in [4.69, 9.17) is 4.74 Å². The summed E-state index contributed by atoms with van der Waals surface area (Å²) in [6.45, 7) is 6.51. The zero-order valence-corrected chi connectivity index (χ0v) is 20.1. The Morgan fingerprint density at radius 3 is 2.24 bits per heavy atom.